The summed E-state index contributed by atoms with van der Waals surface area (Å²) in [5.74, 6) is -0.669. The lowest BCUT2D eigenvalue weighted by Crippen LogP contribution is -2.11. The number of ether oxygens (including phenoxy) is 1. The van der Waals surface area contributed by atoms with E-state index in [0.29, 0.717) is 6.07 Å². The SMILES string of the molecule is Cc1ccc(Oc2cc(C(F)(F)F)nc(N)n2)c(Cl)c1. The zero-order valence-electron chi connectivity index (χ0n) is 10.2. The number of nitrogen functional groups attached to an aromatic ring is 1. The molecule has 0 aliphatic carbocycles. The van der Waals surface area contributed by atoms with Crippen molar-refractivity contribution in [2.75, 3.05) is 5.73 Å². The number of aromatic nitrogens is 2. The number of rotatable bonds is 2. The van der Waals surface area contributed by atoms with E-state index in [-0.39, 0.29) is 16.7 Å². The van der Waals surface area contributed by atoms with Crippen molar-refractivity contribution in [2.24, 2.45) is 0 Å². The van der Waals surface area contributed by atoms with Gasteiger partial charge in [0.1, 0.15) is 5.75 Å². The molecule has 0 spiro atoms. The summed E-state index contributed by atoms with van der Waals surface area (Å²) in [5, 5.41) is 0.260. The van der Waals surface area contributed by atoms with Gasteiger partial charge in [0, 0.05) is 6.07 Å². The number of halogens is 4. The molecule has 0 aliphatic rings. The van der Waals surface area contributed by atoms with Gasteiger partial charge in [0.25, 0.3) is 0 Å². The van der Waals surface area contributed by atoms with E-state index < -0.39 is 17.8 Å². The summed E-state index contributed by atoms with van der Waals surface area (Å²) in [5.41, 5.74) is 4.95. The molecular weight excluding hydrogens is 295 g/mol. The number of nitrogens with two attached hydrogens (primary N) is 1. The van der Waals surface area contributed by atoms with Crippen LogP contribution in [0.4, 0.5) is 19.1 Å². The molecule has 0 saturated heterocycles. The van der Waals surface area contributed by atoms with E-state index >= 15 is 0 Å². The van der Waals surface area contributed by atoms with Gasteiger partial charge < -0.3 is 10.5 Å². The second kappa shape index (κ2) is 5.16. The number of alkyl halides is 3. The molecule has 8 heteroatoms. The van der Waals surface area contributed by atoms with E-state index in [9.17, 15) is 13.2 Å². The van der Waals surface area contributed by atoms with Crippen molar-refractivity contribution in [3.63, 3.8) is 0 Å². The fourth-order valence-electron chi connectivity index (χ4n) is 1.44. The first-order valence-electron chi connectivity index (χ1n) is 5.41. The highest BCUT2D eigenvalue weighted by Crippen LogP contribution is 2.33. The van der Waals surface area contributed by atoms with Crippen LogP contribution >= 0.6 is 11.6 Å². The van der Waals surface area contributed by atoms with Crippen LogP contribution in [0.25, 0.3) is 0 Å². The average molecular weight is 304 g/mol. The predicted octanol–water partition coefficient (Wildman–Crippen LogP) is 3.83. The fourth-order valence-corrected chi connectivity index (χ4v) is 1.72. The zero-order chi connectivity index (χ0) is 14.9. The molecule has 2 rings (SSSR count). The standard InChI is InChI=1S/C12H9ClF3N3O/c1-6-2-3-8(7(13)4-6)20-10-5-9(12(14,15)16)18-11(17)19-10/h2-5H,1H3,(H2,17,18,19). The maximum Gasteiger partial charge on any atom is 0.433 e. The normalized spacial score (nSPS) is 11.4. The third kappa shape index (κ3) is 3.30. The quantitative estimate of drug-likeness (QED) is 0.916. The van der Waals surface area contributed by atoms with Gasteiger partial charge in [0.2, 0.25) is 11.8 Å². The topological polar surface area (TPSA) is 61.0 Å². The first-order chi connectivity index (χ1) is 9.25. The van der Waals surface area contributed by atoms with Crippen molar-refractivity contribution < 1.29 is 17.9 Å². The predicted molar refractivity (Wildman–Crippen MR) is 67.7 cm³/mol. The molecule has 1 heterocycles. The van der Waals surface area contributed by atoms with E-state index in [1.807, 2.05) is 6.92 Å². The Kier molecular flexibility index (Phi) is 3.71. The summed E-state index contributed by atoms with van der Waals surface area (Å²) in [4.78, 5) is 6.70. The molecule has 106 valence electrons. The maximum absolute atomic E-state index is 12.6. The van der Waals surface area contributed by atoms with Crippen molar-refractivity contribution in [3.05, 3.63) is 40.5 Å². The van der Waals surface area contributed by atoms with Gasteiger partial charge in [0.15, 0.2) is 5.69 Å². The Bertz CT molecular complexity index is 646. The zero-order valence-corrected chi connectivity index (χ0v) is 11.0. The minimum absolute atomic E-state index is 0.184. The molecule has 0 saturated carbocycles. The van der Waals surface area contributed by atoms with Gasteiger partial charge >= 0.3 is 6.18 Å². The number of nitrogens with zero attached hydrogens (tertiary/aromatic N) is 2. The van der Waals surface area contributed by atoms with Crippen molar-refractivity contribution in [1.29, 1.82) is 0 Å². The third-order valence-electron chi connectivity index (χ3n) is 2.31. The number of benzene rings is 1. The van der Waals surface area contributed by atoms with Crippen molar-refractivity contribution in [1.82, 2.24) is 9.97 Å². The largest absolute Gasteiger partial charge is 0.437 e. The second-order valence-corrected chi connectivity index (χ2v) is 4.39. The molecule has 0 unspecified atom stereocenters. The first-order valence-corrected chi connectivity index (χ1v) is 5.79. The lowest BCUT2D eigenvalue weighted by Gasteiger charge is -2.10. The molecule has 0 fully saturated rings. The fraction of sp³-hybridized carbons (Fsp3) is 0.167. The third-order valence-corrected chi connectivity index (χ3v) is 2.61. The summed E-state index contributed by atoms with van der Waals surface area (Å²) < 4.78 is 43.0. The molecule has 0 aliphatic heterocycles. The van der Waals surface area contributed by atoms with Crippen LogP contribution in [0, 0.1) is 6.92 Å². The van der Waals surface area contributed by atoms with E-state index in [2.05, 4.69) is 9.97 Å². The minimum Gasteiger partial charge on any atom is -0.437 e. The molecule has 0 bridgehead atoms. The average Bonchev–Trinajstić information content (AvgIpc) is 2.31. The maximum atomic E-state index is 12.6. The Morgan fingerprint density at radius 2 is 1.90 bits per heavy atom. The number of aryl methyl sites for hydroxylation is 1. The van der Waals surface area contributed by atoms with Gasteiger partial charge in [-0.1, -0.05) is 17.7 Å². The van der Waals surface area contributed by atoms with Crippen LogP contribution in [0.5, 0.6) is 11.6 Å². The molecule has 20 heavy (non-hydrogen) atoms. The van der Waals surface area contributed by atoms with Gasteiger partial charge in [-0.15, -0.1) is 0 Å². The van der Waals surface area contributed by atoms with Crippen molar-refractivity contribution >= 4 is 17.5 Å². The van der Waals surface area contributed by atoms with Crippen LogP contribution in [0.3, 0.4) is 0 Å². The summed E-state index contributed by atoms with van der Waals surface area (Å²) in [6.45, 7) is 1.82. The van der Waals surface area contributed by atoms with Gasteiger partial charge in [-0.3, -0.25) is 0 Å². The highest BCUT2D eigenvalue weighted by Gasteiger charge is 2.33. The minimum atomic E-state index is -4.63. The van der Waals surface area contributed by atoms with Gasteiger partial charge in [-0.05, 0) is 24.6 Å². The smallest absolute Gasteiger partial charge is 0.433 e. The molecular formula is C12H9ClF3N3O. The molecule has 0 radical (unpaired) electrons. The van der Waals surface area contributed by atoms with Crippen molar-refractivity contribution in [2.45, 2.75) is 13.1 Å². The Balaban J connectivity index is 2.36. The molecule has 1 aromatic heterocycles. The van der Waals surface area contributed by atoms with Crippen LogP contribution in [-0.4, -0.2) is 9.97 Å². The van der Waals surface area contributed by atoms with Crippen LogP contribution in [-0.2, 0) is 6.18 Å². The van der Waals surface area contributed by atoms with Gasteiger partial charge in [0.05, 0.1) is 5.02 Å². The summed E-state index contributed by atoms with van der Waals surface area (Å²) in [7, 11) is 0. The number of hydrogen-bond donors (Lipinski definition) is 1. The Hall–Kier alpha value is -2.02. The van der Waals surface area contributed by atoms with E-state index in [4.69, 9.17) is 22.1 Å². The molecule has 0 atom stereocenters. The highest BCUT2D eigenvalue weighted by molar-refractivity contribution is 6.32. The second-order valence-electron chi connectivity index (χ2n) is 3.98. The highest BCUT2D eigenvalue weighted by atomic mass is 35.5. The van der Waals surface area contributed by atoms with E-state index in [0.717, 1.165) is 5.56 Å². The van der Waals surface area contributed by atoms with Gasteiger partial charge in [-0.2, -0.15) is 18.2 Å². The molecule has 0 amide bonds. The lowest BCUT2D eigenvalue weighted by atomic mass is 10.2. The number of anilines is 1. The monoisotopic (exact) mass is 303 g/mol. The lowest BCUT2D eigenvalue weighted by molar-refractivity contribution is -0.141. The molecule has 2 N–H and O–H groups in total. The molecule has 2 aromatic rings. The Labute approximate surface area is 117 Å². The van der Waals surface area contributed by atoms with Crippen molar-refractivity contribution in [3.8, 4) is 11.6 Å². The summed E-state index contributed by atoms with van der Waals surface area (Å²) in [6.07, 6.45) is -4.63. The number of hydrogen-bond acceptors (Lipinski definition) is 4. The van der Waals surface area contributed by atoms with Crippen LogP contribution in [0.1, 0.15) is 11.3 Å². The summed E-state index contributed by atoms with van der Waals surface area (Å²) in [6, 6.07) is 5.51. The first kappa shape index (κ1) is 14.4. The van der Waals surface area contributed by atoms with E-state index in [1.54, 1.807) is 12.1 Å². The van der Waals surface area contributed by atoms with Crippen LogP contribution < -0.4 is 10.5 Å². The van der Waals surface area contributed by atoms with E-state index in [1.165, 1.54) is 6.07 Å². The van der Waals surface area contributed by atoms with Crippen LogP contribution in [0.15, 0.2) is 24.3 Å². The van der Waals surface area contributed by atoms with Crippen LogP contribution in [0.2, 0.25) is 5.02 Å². The molecule has 1 aromatic carbocycles. The Morgan fingerprint density at radius 3 is 2.50 bits per heavy atom. The van der Waals surface area contributed by atoms with Gasteiger partial charge in [-0.25, -0.2) is 4.98 Å². The Morgan fingerprint density at radius 1 is 1.20 bits per heavy atom. The summed E-state index contributed by atoms with van der Waals surface area (Å²) >= 11 is 5.93. The molecule has 4 nitrogen and oxygen atoms in total.